The summed E-state index contributed by atoms with van der Waals surface area (Å²) >= 11 is 0. The van der Waals surface area contributed by atoms with Crippen molar-refractivity contribution in [3.8, 4) is 5.75 Å². The van der Waals surface area contributed by atoms with Crippen LogP contribution in [0, 0.1) is 5.82 Å². The first kappa shape index (κ1) is 15.3. The molecule has 120 valence electrons. The van der Waals surface area contributed by atoms with E-state index in [-0.39, 0.29) is 23.8 Å². The van der Waals surface area contributed by atoms with Gasteiger partial charge in [0.2, 0.25) is 5.91 Å². The van der Waals surface area contributed by atoms with E-state index >= 15 is 0 Å². The standard InChI is InChI=1S/C18H19FN2O2/c1-11(12-4-3-5-15(9-12)23-2)20-18(22)17-10-13-8-14(19)6-7-16(13)21-17/h3-9,11,17,21H,10H2,1-2H3,(H,20,22). The van der Waals surface area contributed by atoms with Gasteiger partial charge in [-0.1, -0.05) is 12.1 Å². The Morgan fingerprint density at radius 3 is 2.96 bits per heavy atom. The van der Waals surface area contributed by atoms with E-state index in [0.29, 0.717) is 6.42 Å². The van der Waals surface area contributed by atoms with Crippen LogP contribution in [0.1, 0.15) is 24.1 Å². The van der Waals surface area contributed by atoms with Crippen LogP contribution in [0.15, 0.2) is 42.5 Å². The summed E-state index contributed by atoms with van der Waals surface area (Å²) in [4.78, 5) is 12.4. The number of amides is 1. The maximum atomic E-state index is 13.3. The first-order valence-corrected chi connectivity index (χ1v) is 7.56. The van der Waals surface area contributed by atoms with Crippen LogP contribution < -0.4 is 15.4 Å². The molecule has 3 rings (SSSR count). The molecule has 0 aliphatic carbocycles. The van der Waals surface area contributed by atoms with Crippen LogP contribution in [0.4, 0.5) is 10.1 Å². The van der Waals surface area contributed by atoms with Crippen molar-refractivity contribution in [1.29, 1.82) is 0 Å². The van der Waals surface area contributed by atoms with Gasteiger partial charge in [-0.3, -0.25) is 4.79 Å². The monoisotopic (exact) mass is 314 g/mol. The van der Waals surface area contributed by atoms with Crippen LogP contribution in [0.25, 0.3) is 0 Å². The Kier molecular flexibility index (Phi) is 4.19. The lowest BCUT2D eigenvalue weighted by Gasteiger charge is -2.18. The molecule has 1 aliphatic heterocycles. The molecule has 2 N–H and O–H groups in total. The number of ether oxygens (including phenoxy) is 1. The minimum Gasteiger partial charge on any atom is -0.497 e. The van der Waals surface area contributed by atoms with E-state index in [2.05, 4.69) is 10.6 Å². The lowest BCUT2D eigenvalue weighted by molar-refractivity contribution is -0.122. The SMILES string of the molecule is COc1cccc(C(C)NC(=O)C2Cc3cc(F)ccc3N2)c1. The summed E-state index contributed by atoms with van der Waals surface area (Å²) in [6, 6.07) is 11.6. The van der Waals surface area contributed by atoms with Crippen molar-refractivity contribution in [3.63, 3.8) is 0 Å². The molecule has 0 radical (unpaired) electrons. The van der Waals surface area contributed by atoms with Gasteiger partial charge in [-0.05, 0) is 48.4 Å². The predicted octanol–water partition coefficient (Wildman–Crippen LogP) is 3.05. The highest BCUT2D eigenvalue weighted by molar-refractivity contribution is 5.87. The Morgan fingerprint density at radius 2 is 2.17 bits per heavy atom. The highest BCUT2D eigenvalue weighted by Gasteiger charge is 2.27. The Hall–Kier alpha value is -2.56. The van der Waals surface area contributed by atoms with E-state index in [1.807, 2.05) is 31.2 Å². The molecule has 2 atom stereocenters. The zero-order chi connectivity index (χ0) is 16.4. The highest BCUT2D eigenvalue weighted by atomic mass is 19.1. The first-order chi connectivity index (χ1) is 11.1. The topological polar surface area (TPSA) is 50.4 Å². The molecule has 23 heavy (non-hydrogen) atoms. The van der Waals surface area contributed by atoms with Crippen LogP contribution in [0.3, 0.4) is 0 Å². The fourth-order valence-corrected chi connectivity index (χ4v) is 2.80. The number of hydrogen-bond acceptors (Lipinski definition) is 3. The first-order valence-electron chi connectivity index (χ1n) is 7.56. The van der Waals surface area contributed by atoms with Gasteiger partial charge in [-0.2, -0.15) is 0 Å². The van der Waals surface area contributed by atoms with Crippen LogP contribution in [0.2, 0.25) is 0 Å². The molecule has 1 amide bonds. The molecule has 0 saturated heterocycles. The van der Waals surface area contributed by atoms with Gasteiger partial charge in [0.25, 0.3) is 0 Å². The zero-order valence-corrected chi connectivity index (χ0v) is 13.1. The van der Waals surface area contributed by atoms with Crippen molar-refractivity contribution in [2.24, 2.45) is 0 Å². The number of halogens is 1. The second-order valence-corrected chi connectivity index (χ2v) is 5.71. The molecule has 0 spiro atoms. The summed E-state index contributed by atoms with van der Waals surface area (Å²) in [5.41, 5.74) is 2.62. The number of rotatable bonds is 4. The third-order valence-electron chi connectivity index (χ3n) is 4.09. The van der Waals surface area contributed by atoms with Crippen LogP contribution in [-0.4, -0.2) is 19.1 Å². The van der Waals surface area contributed by atoms with Gasteiger partial charge in [0, 0.05) is 12.1 Å². The van der Waals surface area contributed by atoms with Crippen molar-refractivity contribution in [2.45, 2.75) is 25.4 Å². The third kappa shape index (κ3) is 3.28. The third-order valence-corrected chi connectivity index (χ3v) is 4.09. The Morgan fingerprint density at radius 1 is 1.35 bits per heavy atom. The Bertz CT molecular complexity index is 733. The maximum absolute atomic E-state index is 13.3. The van der Waals surface area contributed by atoms with Crippen LogP contribution in [0.5, 0.6) is 5.75 Å². The van der Waals surface area contributed by atoms with Gasteiger partial charge < -0.3 is 15.4 Å². The molecule has 2 aromatic carbocycles. The second kappa shape index (κ2) is 6.28. The second-order valence-electron chi connectivity index (χ2n) is 5.71. The molecule has 5 heteroatoms. The fourth-order valence-electron chi connectivity index (χ4n) is 2.80. The average Bonchev–Trinajstić information content (AvgIpc) is 2.98. The summed E-state index contributed by atoms with van der Waals surface area (Å²) in [7, 11) is 1.61. The van der Waals surface area contributed by atoms with Gasteiger partial charge in [0.1, 0.15) is 17.6 Å². The number of fused-ring (bicyclic) bond motifs is 1. The number of nitrogens with one attached hydrogen (secondary N) is 2. The average molecular weight is 314 g/mol. The van der Waals surface area contributed by atoms with Gasteiger partial charge >= 0.3 is 0 Å². The van der Waals surface area contributed by atoms with Gasteiger partial charge in [-0.25, -0.2) is 4.39 Å². The molecular weight excluding hydrogens is 295 g/mol. The van der Waals surface area contributed by atoms with E-state index in [4.69, 9.17) is 4.74 Å². The van der Waals surface area contributed by atoms with Gasteiger partial charge in [0.05, 0.1) is 13.2 Å². The zero-order valence-electron chi connectivity index (χ0n) is 13.1. The molecule has 1 heterocycles. The Balaban J connectivity index is 1.66. The lowest BCUT2D eigenvalue weighted by atomic mass is 10.1. The van der Waals surface area contributed by atoms with Crippen LogP contribution in [-0.2, 0) is 11.2 Å². The van der Waals surface area contributed by atoms with Crippen LogP contribution >= 0.6 is 0 Å². The number of carbonyl (C=O) groups is 1. The molecule has 2 aromatic rings. The van der Waals surface area contributed by atoms with E-state index in [0.717, 1.165) is 22.6 Å². The van der Waals surface area contributed by atoms with Crippen molar-refractivity contribution in [2.75, 3.05) is 12.4 Å². The van der Waals surface area contributed by atoms with E-state index in [1.54, 1.807) is 13.2 Å². The summed E-state index contributed by atoms with van der Waals surface area (Å²) in [5.74, 6) is 0.374. The quantitative estimate of drug-likeness (QED) is 0.912. The van der Waals surface area contributed by atoms with E-state index < -0.39 is 0 Å². The molecule has 0 saturated carbocycles. The number of anilines is 1. The Labute approximate surface area is 134 Å². The minimum atomic E-state index is -0.375. The molecular formula is C18H19FN2O2. The predicted molar refractivity (Wildman–Crippen MR) is 87.1 cm³/mol. The van der Waals surface area contributed by atoms with Crippen molar-refractivity contribution < 1.29 is 13.9 Å². The summed E-state index contributed by atoms with van der Waals surface area (Å²) in [6.45, 7) is 1.93. The van der Waals surface area contributed by atoms with Crippen molar-refractivity contribution in [1.82, 2.24) is 5.32 Å². The number of carbonyl (C=O) groups excluding carboxylic acids is 1. The van der Waals surface area contributed by atoms with E-state index in [9.17, 15) is 9.18 Å². The summed E-state index contributed by atoms with van der Waals surface area (Å²) in [6.07, 6.45) is 0.490. The fraction of sp³-hybridized carbons (Fsp3) is 0.278. The number of benzene rings is 2. The van der Waals surface area contributed by atoms with Gasteiger partial charge in [-0.15, -0.1) is 0 Å². The molecule has 4 nitrogen and oxygen atoms in total. The normalized spacial score (nSPS) is 17.1. The molecule has 1 aliphatic rings. The van der Waals surface area contributed by atoms with Crippen molar-refractivity contribution in [3.05, 3.63) is 59.4 Å². The molecule has 0 fully saturated rings. The largest absolute Gasteiger partial charge is 0.497 e. The minimum absolute atomic E-state index is 0.100. The summed E-state index contributed by atoms with van der Waals surface area (Å²) < 4.78 is 18.5. The van der Waals surface area contributed by atoms with Gasteiger partial charge in [0.15, 0.2) is 0 Å². The molecule has 0 bridgehead atoms. The molecule has 0 aromatic heterocycles. The number of hydrogen-bond donors (Lipinski definition) is 2. The van der Waals surface area contributed by atoms with E-state index in [1.165, 1.54) is 12.1 Å². The highest BCUT2D eigenvalue weighted by Crippen LogP contribution is 2.27. The maximum Gasteiger partial charge on any atom is 0.243 e. The smallest absolute Gasteiger partial charge is 0.243 e. The lowest BCUT2D eigenvalue weighted by Crippen LogP contribution is -2.39. The summed E-state index contributed by atoms with van der Waals surface area (Å²) in [5, 5.41) is 6.13. The molecule has 2 unspecified atom stereocenters. The van der Waals surface area contributed by atoms with Crippen molar-refractivity contribution >= 4 is 11.6 Å². The number of methoxy groups -OCH3 is 1.